The van der Waals surface area contributed by atoms with Gasteiger partial charge in [-0.25, -0.2) is 0 Å². The van der Waals surface area contributed by atoms with Crippen molar-refractivity contribution in [3.63, 3.8) is 0 Å². The molecule has 0 unspecified atom stereocenters. The summed E-state index contributed by atoms with van der Waals surface area (Å²) >= 11 is 0. The van der Waals surface area contributed by atoms with Crippen molar-refractivity contribution in [3.8, 4) is 0 Å². The van der Waals surface area contributed by atoms with Gasteiger partial charge < -0.3 is 9.80 Å². The van der Waals surface area contributed by atoms with Gasteiger partial charge in [-0.1, -0.05) is 278 Å². The third kappa shape index (κ3) is 34.6. The zero-order valence-corrected chi connectivity index (χ0v) is 38.2. The van der Waals surface area contributed by atoms with Gasteiger partial charge in [-0.05, 0) is 25.7 Å². The highest BCUT2D eigenvalue weighted by atomic mass is 15.4. The molecule has 0 amide bonds. The second-order valence-corrected chi connectivity index (χ2v) is 18.2. The van der Waals surface area contributed by atoms with Crippen LogP contribution >= 0.6 is 0 Å². The van der Waals surface area contributed by atoms with E-state index in [1.54, 1.807) is 0 Å². The van der Waals surface area contributed by atoms with E-state index in [4.69, 9.17) is 0 Å². The molecule has 1 rings (SSSR count). The minimum atomic E-state index is 0.635. The highest BCUT2D eigenvalue weighted by Crippen LogP contribution is 2.24. The molecule has 0 spiro atoms. The molecule has 0 aromatic heterocycles. The topological polar surface area (TPSA) is 6.48 Å². The minimum Gasteiger partial charge on any atom is -0.356 e. The number of hydrogen-bond acceptors (Lipinski definition) is 2. The van der Waals surface area contributed by atoms with E-state index >= 15 is 0 Å². The maximum absolute atomic E-state index is 2.74. The Labute approximate surface area is 343 Å². The summed E-state index contributed by atoms with van der Waals surface area (Å²) in [5.41, 5.74) is 0. The number of unbranched alkanes of at least 4 members (excludes halogenated alkanes) is 40. The molecule has 1 heterocycles. The van der Waals surface area contributed by atoms with E-state index in [1.807, 2.05) is 0 Å². The van der Waals surface area contributed by atoms with Crippen LogP contribution in [-0.4, -0.2) is 29.1 Å². The molecule has 2 nitrogen and oxygen atoms in total. The fraction of sp³-hybridized carbons (Fsp3) is 0.962. The molecule has 0 saturated heterocycles. The molecular weight excluding hydrogens is 653 g/mol. The number of hydrogen-bond donors (Lipinski definition) is 0. The van der Waals surface area contributed by atoms with Crippen molar-refractivity contribution in [3.05, 3.63) is 12.4 Å². The Kier molecular flexibility index (Phi) is 41.3. The van der Waals surface area contributed by atoms with Crippen LogP contribution in [0.3, 0.4) is 0 Å². The fourth-order valence-electron chi connectivity index (χ4n) is 9.02. The molecule has 54 heavy (non-hydrogen) atoms. The van der Waals surface area contributed by atoms with Gasteiger partial charge in [-0.3, -0.25) is 0 Å². The Morgan fingerprint density at radius 1 is 0.241 bits per heavy atom. The van der Waals surface area contributed by atoms with Gasteiger partial charge in [0.25, 0.3) is 0 Å². The molecule has 0 aromatic carbocycles. The first kappa shape index (κ1) is 51.4. The van der Waals surface area contributed by atoms with Crippen molar-refractivity contribution in [1.82, 2.24) is 9.80 Å². The largest absolute Gasteiger partial charge is 0.356 e. The van der Waals surface area contributed by atoms with Crippen molar-refractivity contribution >= 4 is 0 Å². The van der Waals surface area contributed by atoms with Gasteiger partial charge in [0.05, 0.1) is 0 Å². The Morgan fingerprint density at radius 2 is 0.426 bits per heavy atom. The lowest BCUT2D eigenvalue weighted by Crippen LogP contribution is -2.39. The SMILES string of the molecule is CCCCCCCCCCCCCCCCCC1N(CCCCCCCCCCCCCCCC)C=CN1CCCCCCCCCCCCCCCC. The average molecular weight is 757 g/mol. The van der Waals surface area contributed by atoms with Crippen LogP contribution in [0.2, 0.25) is 0 Å². The molecule has 0 aromatic rings. The van der Waals surface area contributed by atoms with Gasteiger partial charge >= 0.3 is 0 Å². The quantitative estimate of drug-likeness (QED) is 0.0571. The van der Waals surface area contributed by atoms with Gasteiger partial charge in [0.2, 0.25) is 0 Å². The van der Waals surface area contributed by atoms with Gasteiger partial charge in [-0.15, -0.1) is 0 Å². The third-order valence-electron chi connectivity index (χ3n) is 12.8. The first-order valence-electron chi connectivity index (χ1n) is 26.0. The fourth-order valence-corrected chi connectivity index (χ4v) is 9.02. The Hall–Kier alpha value is -0.660. The summed E-state index contributed by atoms with van der Waals surface area (Å²) in [6, 6.07) is 0. The number of nitrogens with zero attached hydrogens (tertiary/aromatic N) is 2. The van der Waals surface area contributed by atoms with Crippen molar-refractivity contribution in [2.45, 2.75) is 309 Å². The molecule has 0 radical (unpaired) electrons. The van der Waals surface area contributed by atoms with Crippen LogP contribution in [0.25, 0.3) is 0 Å². The lowest BCUT2D eigenvalue weighted by atomic mass is 10.0. The third-order valence-corrected chi connectivity index (χ3v) is 12.8. The standard InChI is InChI=1S/C52H104N2/c1-4-7-10-13-16-19-22-25-28-29-32-35-38-41-44-47-52-53(48-45-42-39-36-33-30-26-23-20-17-14-11-8-5-2)50-51-54(52)49-46-43-40-37-34-31-27-24-21-18-15-12-9-6-3/h50-52H,4-49H2,1-3H3. The Morgan fingerprint density at radius 3 is 0.648 bits per heavy atom. The Bertz CT molecular complexity index is 675. The summed E-state index contributed by atoms with van der Waals surface area (Å²) in [5, 5.41) is 0. The predicted octanol–water partition coefficient (Wildman–Crippen LogP) is 18.6. The van der Waals surface area contributed by atoms with Crippen LogP contribution in [-0.2, 0) is 0 Å². The molecule has 0 aliphatic carbocycles. The van der Waals surface area contributed by atoms with E-state index in [-0.39, 0.29) is 0 Å². The van der Waals surface area contributed by atoms with E-state index in [9.17, 15) is 0 Å². The smallest absolute Gasteiger partial charge is 0.101 e. The van der Waals surface area contributed by atoms with Crippen LogP contribution in [0.15, 0.2) is 12.4 Å². The molecule has 0 atom stereocenters. The van der Waals surface area contributed by atoms with E-state index in [0.29, 0.717) is 6.17 Å². The maximum Gasteiger partial charge on any atom is 0.101 e. The van der Waals surface area contributed by atoms with Crippen LogP contribution in [0.1, 0.15) is 303 Å². The molecule has 0 bridgehead atoms. The lowest BCUT2D eigenvalue weighted by molar-refractivity contribution is 0.135. The summed E-state index contributed by atoms with van der Waals surface area (Å²) in [4.78, 5) is 5.49. The molecular formula is C52H104N2. The molecule has 0 fully saturated rings. The molecule has 0 N–H and O–H groups in total. The maximum atomic E-state index is 2.74. The lowest BCUT2D eigenvalue weighted by Gasteiger charge is -2.33. The van der Waals surface area contributed by atoms with E-state index < -0.39 is 0 Å². The molecule has 322 valence electrons. The van der Waals surface area contributed by atoms with Gasteiger partial charge in [0.15, 0.2) is 0 Å². The van der Waals surface area contributed by atoms with Crippen molar-refractivity contribution < 1.29 is 0 Å². The minimum absolute atomic E-state index is 0.635. The van der Waals surface area contributed by atoms with Crippen LogP contribution in [0.5, 0.6) is 0 Å². The molecule has 2 heteroatoms. The van der Waals surface area contributed by atoms with Crippen molar-refractivity contribution in [1.29, 1.82) is 0 Å². The Balaban J connectivity index is 2.20. The highest BCUT2D eigenvalue weighted by Gasteiger charge is 2.25. The van der Waals surface area contributed by atoms with Gasteiger partial charge in [-0.2, -0.15) is 0 Å². The summed E-state index contributed by atoms with van der Waals surface area (Å²) in [6.07, 6.45) is 69.3. The second-order valence-electron chi connectivity index (χ2n) is 18.2. The normalized spacial score (nSPS) is 13.3. The first-order valence-corrected chi connectivity index (χ1v) is 26.0. The zero-order chi connectivity index (χ0) is 38.7. The molecule has 0 saturated carbocycles. The van der Waals surface area contributed by atoms with Gasteiger partial charge in [0, 0.05) is 25.5 Å². The van der Waals surface area contributed by atoms with Crippen LogP contribution in [0.4, 0.5) is 0 Å². The predicted molar refractivity (Wildman–Crippen MR) is 247 cm³/mol. The second kappa shape index (κ2) is 43.5. The van der Waals surface area contributed by atoms with Crippen molar-refractivity contribution in [2.24, 2.45) is 0 Å². The zero-order valence-electron chi connectivity index (χ0n) is 38.2. The van der Waals surface area contributed by atoms with E-state index in [0.717, 1.165) is 0 Å². The van der Waals surface area contributed by atoms with Crippen molar-refractivity contribution in [2.75, 3.05) is 13.1 Å². The highest BCUT2D eigenvalue weighted by molar-refractivity contribution is 4.97. The molecule has 1 aliphatic heterocycles. The van der Waals surface area contributed by atoms with Crippen LogP contribution in [0, 0.1) is 0 Å². The summed E-state index contributed by atoms with van der Waals surface area (Å²) in [5.74, 6) is 0. The first-order chi connectivity index (χ1) is 26.8. The average Bonchev–Trinajstić information content (AvgIpc) is 3.57. The summed E-state index contributed by atoms with van der Waals surface area (Å²) in [6.45, 7) is 9.50. The van der Waals surface area contributed by atoms with Gasteiger partial charge in [0.1, 0.15) is 6.17 Å². The van der Waals surface area contributed by atoms with E-state index in [2.05, 4.69) is 43.0 Å². The summed E-state index contributed by atoms with van der Waals surface area (Å²) in [7, 11) is 0. The molecule has 1 aliphatic rings. The number of rotatable bonds is 46. The summed E-state index contributed by atoms with van der Waals surface area (Å²) < 4.78 is 0. The van der Waals surface area contributed by atoms with Crippen LogP contribution < -0.4 is 0 Å². The van der Waals surface area contributed by atoms with E-state index in [1.165, 1.54) is 296 Å². The monoisotopic (exact) mass is 757 g/mol.